The molecule has 7 heteroatoms. The van der Waals surface area contributed by atoms with Crippen LogP contribution in [0.2, 0.25) is 0 Å². The van der Waals surface area contributed by atoms with E-state index in [0.29, 0.717) is 18.4 Å². The smallest absolute Gasteiger partial charge is 0.244 e. The normalized spacial score (nSPS) is 18.2. The van der Waals surface area contributed by atoms with E-state index >= 15 is 0 Å². The Kier molecular flexibility index (Phi) is 16.5. The number of hydrogen-bond donors (Lipinski definition) is 1. The van der Waals surface area contributed by atoms with Gasteiger partial charge in [0.15, 0.2) is 11.5 Å². The maximum absolute atomic E-state index is 12.2. The Morgan fingerprint density at radius 1 is 1.13 bits per heavy atom. The van der Waals surface area contributed by atoms with E-state index in [0.717, 1.165) is 49.5 Å². The fourth-order valence-electron chi connectivity index (χ4n) is 3.62. The fourth-order valence-corrected chi connectivity index (χ4v) is 3.62. The van der Waals surface area contributed by atoms with E-state index in [-0.39, 0.29) is 47.9 Å². The Balaban J connectivity index is 0.00000450. The molecule has 1 aromatic carbocycles. The summed E-state index contributed by atoms with van der Waals surface area (Å²) in [6, 6.07) is 6.09. The van der Waals surface area contributed by atoms with Crippen LogP contribution in [0.15, 0.2) is 24.3 Å². The molecule has 1 radical (unpaired) electrons. The van der Waals surface area contributed by atoms with Crippen molar-refractivity contribution in [1.29, 1.82) is 0 Å². The third-order valence-corrected chi connectivity index (χ3v) is 5.48. The van der Waals surface area contributed by atoms with Crippen LogP contribution in [0.3, 0.4) is 0 Å². The maximum Gasteiger partial charge on any atom is 0.244 e. The number of carbonyl (C=O) groups is 1. The van der Waals surface area contributed by atoms with Crippen LogP contribution in [-0.4, -0.2) is 80.8 Å². The van der Waals surface area contributed by atoms with Gasteiger partial charge in [-0.25, -0.2) is 0 Å². The van der Waals surface area contributed by atoms with E-state index in [2.05, 4.69) is 31.2 Å². The number of unbranched alkanes of at least 4 members (excludes halogenated alkanes) is 2. The third kappa shape index (κ3) is 12.2. The molecule has 0 atom stereocenters. The number of hydrogen-bond acceptors (Lipinski definition) is 4. The molecule has 1 fully saturated rings. The maximum atomic E-state index is 12.2. The van der Waals surface area contributed by atoms with Crippen molar-refractivity contribution in [1.82, 2.24) is 10.2 Å². The molecule has 1 N–H and O–H groups in total. The van der Waals surface area contributed by atoms with Gasteiger partial charge in [-0.2, -0.15) is 0 Å². The minimum absolute atomic E-state index is 0. The molecule has 5 nitrogen and oxygen atoms in total. The first-order valence-corrected chi connectivity index (χ1v) is 10.9. The molecule has 1 aromatic rings. The Morgan fingerprint density at radius 2 is 1.84 bits per heavy atom. The Labute approximate surface area is 217 Å². The van der Waals surface area contributed by atoms with Gasteiger partial charge in [0.05, 0.1) is 13.7 Å². The molecule has 171 valence electrons. The molecule has 0 spiro atoms. The van der Waals surface area contributed by atoms with Crippen LogP contribution < -0.4 is 14.8 Å². The van der Waals surface area contributed by atoms with Crippen molar-refractivity contribution in [3.63, 3.8) is 0 Å². The molecule has 1 saturated carbocycles. The molecule has 0 aromatic heterocycles. The second-order valence-corrected chi connectivity index (χ2v) is 8.42. The minimum Gasteiger partial charge on any atom is -0.493 e. The van der Waals surface area contributed by atoms with E-state index < -0.39 is 0 Å². The Morgan fingerprint density at radius 3 is 2.48 bits per heavy atom. The van der Waals surface area contributed by atoms with Gasteiger partial charge >= 0.3 is 0 Å². The second-order valence-electron chi connectivity index (χ2n) is 8.42. The average molecular weight is 462 g/mol. The van der Waals surface area contributed by atoms with Gasteiger partial charge in [-0.1, -0.05) is 13.0 Å². The SMILES string of the molecule is COc1cc(C=CC(=O)N[C@H]2CC[C@H](C)CC2)ccc1OCCCCCN(C)C.Cl.[Na]. The average Bonchev–Trinajstić information content (AvgIpc) is 2.71. The summed E-state index contributed by atoms with van der Waals surface area (Å²) in [4.78, 5) is 14.4. The van der Waals surface area contributed by atoms with Gasteiger partial charge in [-0.05, 0) is 95.3 Å². The van der Waals surface area contributed by atoms with Crippen LogP contribution in [0.25, 0.3) is 6.08 Å². The fraction of sp³-hybridized carbons (Fsp3) is 0.625. The zero-order valence-electron chi connectivity index (χ0n) is 20.0. The molecule has 0 bridgehead atoms. The third-order valence-electron chi connectivity index (χ3n) is 5.48. The molecule has 0 heterocycles. The zero-order chi connectivity index (χ0) is 21.1. The van der Waals surface area contributed by atoms with E-state index in [4.69, 9.17) is 9.47 Å². The van der Waals surface area contributed by atoms with E-state index in [1.54, 1.807) is 13.2 Å². The topological polar surface area (TPSA) is 50.8 Å². The van der Waals surface area contributed by atoms with Crippen LogP contribution in [0.5, 0.6) is 11.5 Å². The summed E-state index contributed by atoms with van der Waals surface area (Å²) in [5, 5.41) is 3.12. The molecule has 31 heavy (non-hydrogen) atoms. The summed E-state index contributed by atoms with van der Waals surface area (Å²) in [7, 11) is 5.83. The summed E-state index contributed by atoms with van der Waals surface area (Å²) in [5.74, 6) is 2.20. The van der Waals surface area contributed by atoms with E-state index in [9.17, 15) is 4.79 Å². The number of halogens is 1. The van der Waals surface area contributed by atoms with Gasteiger partial charge < -0.3 is 19.7 Å². The standard InChI is InChI=1S/C24H38N2O3.ClH.Na/c1-19-8-12-21(13-9-19)25-24(27)15-11-20-10-14-22(23(18-20)28-4)29-17-7-5-6-16-26(2)3;;/h10-11,14-15,18-19,21H,5-9,12-13,16-17H2,1-4H3,(H,25,27);1H;/t19-,21-;;. The number of carbonyl (C=O) groups excluding carboxylic acids is 1. The quantitative estimate of drug-likeness (QED) is 0.298. The van der Waals surface area contributed by atoms with E-state index in [1.807, 2.05) is 24.3 Å². The molecular weight excluding hydrogens is 423 g/mol. The van der Waals surface area contributed by atoms with Crippen LogP contribution in [-0.2, 0) is 4.79 Å². The number of amides is 1. The second kappa shape index (κ2) is 16.8. The van der Waals surface area contributed by atoms with Gasteiger partial charge in [0.1, 0.15) is 0 Å². The van der Waals surface area contributed by atoms with Crippen molar-refractivity contribution < 1.29 is 14.3 Å². The molecule has 2 rings (SSSR count). The van der Waals surface area contributed by atoms with E-state index in [1.165, 1.54) is 19.3 Å². The largest absolute Gasteiger partial charge is 0.493 e. The molecule has 1 aliphatic carbocycles. The monoisotopic (exact) mass is 461 g/mol. The van der Waals surface area contributed by atoms with Gasteiger partial charge in [-0.15, -0.1) is 12.4 Å². The summed E-state index contributed by atoms with van der Waals surface area (Å²) in [5.41, 5.74) is 0.924. The van der Waals surface area contributed by atoms with Gasteiger partial charge in [0.2, 0.25) is 5.91 Å². The minimum atomic E-state index is -0.0263. The van der Waals surface area contributed by atoms with Crippen molar-refractivity contribution in [3.05, 3.63) is 29.8 Å². The zero-order valence-corrected chi connectivity index (χ0v) is 22.8. The number of nitrogens with one attached hydrogen (secondary N) is 1. The number of ether oxygens (including phenoxy) is 2. The molecule has 1 aliphatic rings. The van der Waals surface area contributed by atoms with Gasteiger partial charge in [-0.3, -0.25) is 4.79 Å². The molecule has 0 aliphatic heterocycles. The summed E-state index contributed by atoms with van der Waals surface area (Å²) in [6.45, 7) is 4.07. The van der Waals surface area contributed by atoms with Crippen LogP contribution in [0.1, 0.15) is 57.4 Å². The number of methoxy groups -OCH3 is 1. The summed E-state index contributed by atoms with van der Waals surface area (Å²) in [6.07, 6.45) is 11.3. The molecule has 1 amide bonds. The predicted octanol–water partition coefficient (Wildman–Crippen LogP) is 4.56. The molecule has 0 unspecified atom stereocenters. The van der Waals surface area contributed by atoms with Crippen molar-refractivity contribution in [2.24, 2.45) is 5.92 Å². The summed E-state index contributed by atoms with van der Waals surface area (Å²) >= 11 is 0. The van der Waals surface area contributed by atoms with Crippen molar-refractivity contribution in [3.8, 4) is 11.5 Å². The van der Waals surface area contributed by atoms with Crippen molar-refractivity contribution in [2.45, 2.75) is 57.9 Å². The first kappa shape index (κ1) is 30.3. The first-order chi connectivity index (χ1) is 14.0. The Bertz CT molecular complexity index is 662. The first-order valence-electron chi connectivity index (χ1n) is 10.9. The van der Waals surface area contributed by atoms with Crippen LogP contribution >= 0.6 is 12.4 Å². The number of rotatable bonds is 11. The van der Waals surface area contributed by atoms with Gasteiger partial charge in [0.25, 0.3) is 0 Å². The van der Waals surface area contributed by atoms with Gasteiger partial charge in [0, 0.05) is 41.7 Å². The predicted molar refractivity (Wildman–Crippen MR) is 132 cm³/mol. The number of benzene rings is 1. The Hall–Kier alpha value is -0.720. The van der Waals surface area contributed by atoms with Crippen LogP contribution in [0.4, 0.5) is 0 Å². The number of nitrogens with zero attached hydrogens (tertiary/aromatic N) is 1. The van der Waals surface area contributed by atoms with Crippen LogP contribution in [0, 0.1) is 5.92 Å². The van der Waals surface area contributed by atoms with Crippen molar-refractivity contribution >= 4 is 53.9 Å². The summed E-state index contributed by atoms with van der Waals surface area (Å²) < 4.78 is 11.4. The molecule has 0 saturated heterocycles. The van der Waals surface area contributed by atoms with Crippen molar-refractivity contribution in [2.75, 3.05) is 34.4 Å². The molecular formula is C24H39ClN2NaO3.